The lowest BCUT2D eigenvalue weighted by Crippen LogP contribution is -2.41. The van der Waals surface area contributed by atoms with E-state index in [2.05, 4.69) is 5.10 Å². The van der Waals surface area contributed by atoms with Crippen LogP contribution in [0.25, 0.3) is 0 Å². The summed E-state index contributed by atoms with van der Waals surface area (Å²) in [6, 6.07) is 0.224. The minimum absolute atomic E-state index is 0.224. The maximum atomic E-state index is 11.0. The normalized spacial score (nSPS) is 24.2. The number of likely N-dealkylation sites (tertiary alicyclic amines) is 1. The van der Waals surface area contributed by atoms with Crippen molar-refractivity contribution < 1.29 is 19.2 Å². The monoisotopic (exact) mass is 321 g/mol. The molecule has 0 radical (unpaired) electrons. The molecule has 2 aliphatic heterocycles. The summed E-state index contributed by atoms with van der Waals surface area (Å²) in [5, 5.41) is 13.5. The molecule has 0 bridgehead atoms. The van der Waals surface area contributed by atoms with Gasteiger partial charge in [-0.2, -0.15) is 5.10 Å². The van der Waals surface area contributed by atoms with Crippen LogP contribution >= 0.6 is 0 Å². The van der Waals surface area contributed by atoms with Gasteiger partial charge in [0.1, 0.15) is 0 Å². The van der Waals surface area contributed by atoms with Crippen LogP contribution in [0.4, 0.5) is 4.79 Å². The van der Waals surface area contributed by atoms with Gasteiger partial charge in [0.15, 0.2) is 0 Å². The third-order valence-corrected chi connectivity index (χ3v) is 5.26. The fourth-order valence-corrected chi connectivity index (χ4v) is 2.97. The summed E-state index contributed by atoms with van der Waals surface area (Å²) in [5.74, 6) is 0. The number of rotatable bonds is 2. The molecular weight excluding hydrogens is 297 g/mol. The summed E-state index contributed by atoms with van der Waals surface area (Å²) < 4.78 is 14.0. The van der Waals surface area contributed by atoms with Gasteiger partial charge in [0.2, 0.25) is 0 Å². The molecule has 8 heteroatoms. The van der Waals surface area contributed by atoms with Crippen molar-refractivity contribution in [3.8, 4) is 0 Å². The number of nitrogens with zero attached hydrogens (tertiary/aromatic N) is 3. The predicted molar refractivity (Wildman–Crippen MR) is 85.8 cm³/mol. The number of piperidine rings is 1. The first kappa shape index (κ1) is 16.3. The Morgan fingerprint density at radius 2 is 1.83 bits per heavy atom. The number of hydrogen-bond donors (Lipinski definition) is 1. The van der Waals surface area contributed by atoms with Crippen molar-refractivity contribution in [3.05, 3.63) is 12.4 Å². The van der Waals surface area contributed by atoms with E-state index in [0.717, 1.165) is 18.3 Å². The molecule has 2 saturated heterocycles. The molecule has 0 unspecified atom stereocenters. The van der Waals surface area contributed by atoms with Crippen molar-refractivity contribution in [2.45, 2.75) is 57.8 Å². The number of amides is 1. The molecule has 2 aliphatic rings. The summed E-state index contributed by atoms with van der Waals surface area (Å²) in [6.07, 6.45) is 4.45. The zero-order valence-electron chi connectivity index (χ0n) is 14.2. The number of aromatic nitrogens is 2. The lowest BCUT2D eigenvalue weighted by Gasteiger charge is -2.32. The van der Waals surface area contributed by atoms with Crippen LogP contribution in [0.3, 0.4) is 0 Å². The fourth-order valence-electron chi connectivity index (χ4n) is 2.97. The first-order valence-corrected chi connectivity index (χ1v) is 8.07. The van der Waals surface area contributed by atoms with Crippen molar-refractivity contribution in [2.75, 3.05) is 13.1 Å². The Balaban J connectivity index is 1.67. The Bertz CT molecular complexity index is 577. The molecule has 126 valence electrons. The van der Waals surface area contributed by atoms with Crippen molar-refractivity contribution in [2.24, 2.45) is 0 Å². The molecule has 0 saturated carbocycles. The van der Waals surface area contributed by atoms with Crippen LogP contribution in [0.1, 0.15) is 46.6 Å². The number of carbonyl (C=O) groups is 1. The van der Waals surface area contributed by atoms with Gasteiger partial charge in [-0.3, -0.25) is 4.68 Å². The predicted octanol–water partition coefficient (Wildman–Crippen LogP) is 1.50. The highest BCUT2D eigenvalue weighted by Crippen LogP contribution is 2.36. The summed E-state index contributed by atoms with van der Waals surface area (Å²) >= 11 is 0. The van der Waals surface area contributed by atoms with Crippen LogP contribution in [0, 0.1) is 0 Å². The van der Waals surface area contributed by atoms with Crippen molar-refractivity contribution in [1.82, 2.24) is 14.7 Å². The van der Waals surface area contributed by atoms with Crippen LogP contribution in [0.15, 0.2) is 12.4 Å². The van der Waals surface area contributed by atoms with Crippen LogP contribution in [-0.2, 0) is 9.31 Å². The van der Waals surface area contributed by atoms with Crippen molar-refractivity contribution in [1.29, 1.82) is 0 Å². The highest BCUT2D eigenvalue weighted by Gasteiger charge is 2.52. The van der Waals surface area contributed by atoms with E-state index in [9.17, 15) is 4.79 Å². The molecule has 3 heterocycles. The molecule has 0 spiro atoms. The van der Waals surface area contributed by atoms with E-state index in [0.29, 0.717) is 13.1 Å². The van der Waals surface area contributed by atoms with Gasteiger partial charge in [-0.25, -0.2) is 4.79 Å². The highest BCUT2D eigenvalue weighted by atomic mass is 16.7. The first-order chi connectivity index (χ1) is 10.7. The number of hydrogen-bond acceptors (Lipinski definition) is 4. The van der Waals surface area contributed by atoms with Gasteiger partial charge < -0.3 is 19.3 Å². The summed E-state index contributed by atoms with van der Waals surface area (Å²) in [7, 11) is -0.409. The van der Waals surface area contributed by atoms with Gasteiger partial charge in [-0.1, -0.05) is 0 Å². The molecule has 1 aromatic rings. The van der Waals surface area contributed by atoms with Crippen molar-refractivity contribution in [3.63, 3.8) is 0 Å². The van der Waals surface area contributed by atoms with Gasteiger partial charge in [-0.05, 0) is 40.5 Å². The second-order valence-electron chi connectivity index (χ2n) is 7.34. The van der Waals surface area contributed by atoms with Crippen LogP contribution in [0.5, 0.6) is 0 Å². The maximum Gasteiger partial charge on any atom is 0.498 e. The smallest absolute Gasteiger partial charge is 0.465 e. The Labute approximate surface area is 136 Å². The Hall–Kier alpha value is -1.54. The average molecular weight is 321 g/mol. The van der Waals surface area contributed by atoms with Crippen LogP contribution in [0.2, 0.25) is 0 Å². The molecule has 3 rings (SSSR count). The molecular formula is C15H24BN3O4. The Kier molecular flexibility index (Phi) is 3.92. The van der Waals surface area contributed by atoms with Gasteiger partial charge in [0.05, 0.1) is 17.2 Å². The molecule has 1 N–H and O–H groups in total. The van der Waals surface area contributed by atoms with E-state index in [1.54, 1.807) is 6.20 Å². The van der Waals surface area contributed by atoms with Crippen LogP contribution in [-0.4, -0.2) is 57.3 Å². The standard InChI is InChI=1S/C15H24BN3O4/c1-14(2)15(3,4)23-16(22-14)11-9-17-19(10-11)12-5-7-18(8-6-12)13(20)21/h9-10,12H,5-8H2,1-4H3,(H,20,21). The quantitative estimate of drug-likeness (QED) is 0.835. The van der Waals surface area contributed by atoms with E-state index < -0.39 is 13.2 Å². The minimum atomic E-state index is -0.846. The van der Waals surface area contributed by atoms with E-state index in [1.165, 1.54) is 4.90 Å². The minimum Gasteiger partial charge on any atom is -0.465 e. The Morgan fingerprint density at radius 1 is 1.26 bits per heavy atom. The molecule has 0 aliphatic carbocycles. The lowest BCUT2D eigenvalue weighted by molar-refractivity contribution is 0.00578. The zero-order valence-corrected chi connectivity index (χ0v) is 14.2. The molecule has 0 aromatic carbocycles. The summed E-state index contributed by atoms with van der Waals surface area (Å²) in [4.78, 5) is 12.4. The highest BCUT2D eigenvalue weighted by molar-refractivity contribution is 6.62. The third-order valence-electron chi connectivity index (χ3n) is 5.26. The van der Waals surface area contributed by atoms with Crippen LogP contribution < -0.4 is 5.46 Å². The molecule has 23 heavy (non-hydrogen) atoms. The van der Waals surface area contributed by atoms with Crippen molar-refractivity contribution >= 4 is 18.7 Å². The molecule has 0 atom stereocenters. The van der Waals surface area contributed by atoms with Gasteiger partial charge in [0, 0.05) is 30.9 Å². The number of carboxylic acid groups (broad SMARTS) is 1. The third kappa shape index (κ3) is 2.97. The van der Waals surface area contributed by atoms with Gasteiger partial charge in [0.25, 0.3) is 0 Å². The SMILES string of the molecule is CC1(C)OB(c2cnn(C3CCN(C(=O)O)CC3)c2)OC1(C)C. The zero-order chi connectivity index (χ0) is 16.8. The molecule has 7 nitrogen and oxygen atoms in total. The molecule has 1 amide bonds. The second kappa shape index (κ2) is 5.52. The fraction of sp³-hybridized carbons (Fsp3) is 0.733. The largest absolute Gasteiger partial charge is 0.498 e. The van der Waals surface area contributed by atoms with E-state index in [1.807, 2.05) is 38.6 Å². The van der Waals surface area contributed by atoms with E-state index >= 15 is 0 Å². The summed E-state index contributed by atoms with van der Waals surface area (Å²) in [6.45, 7) is 9.20. The second-order valence-corrected chi connectivity index (χ2v) is 7.34. The lowest BCUT2D eigenvalue weighted by atomic mass is 9.82. The maximum absolute atomic E-state index is 11.0. The molecule has 1 aromatic heterocycles. The van der Waals surface area contributed by atoms with E-state index in [4.69, 9.17) is 14.4 Å². The molecule has 2 fully saturated rings. The topological polar surface area (TPSA) is 76.8 Å². The van der Waals surface area contributed by atoms with Gasteiger partial charge in [-0.15, -0.1) is 0 Å². The average Bonchev–Trinajstić information content (AvgIpc) is 3.02. The Morgan fingerprint density at radius 3 is 2.35 bits per heavy atom. The van der Waals surface area contributed by atoms with Gasteiger partial charge >= 0.3 is 13.2 Å². The summed E-state index contributed by atoms with van der Waals surface area (Å²) in [5.41, 5.74) is 0.170. The van der Waals surface area contributed by atoms with E-state index in [-0.39, 0.29) is 17.2 Å². The first-order valence-electron chi connectivity index (χ1n) is 8.07.